The van der Waals surface area contributed by atoms with E-state index < -0.39 is 0 Å². The summed E-state index contributed by atoms with van der Waals surface area (Å²) in [6.07, 6.45) is 11.0. The molecule has 2 unspecified atom stereocenters. The molecule has 2 nitrogen and oxygen atoms in total. The van der Waals surface area contributed by atoms with Crippen LogP contribution in [0.15, 0.2) is 0 Å². The van der Waals surface area contributed by atoms with Gasteiger partial charge in [-0.25, -0.2) is 0 Å². The summed E-state index contributed by atoms with van der Waals surface area (Å²) in [6.45, 7) is 5.61. The molecule has 0 radical (unpaired) electrons. The highest BCUT2D eigenvalue weighted by Gasteiger charge is 2.15. The van der Waals surface area contributed by atoms with Crippen molar-refractivity contribution in [3.63, 3.8) is 0 Å². The summed E-state index contributed by atoms with van der Waals surface area (Å²) in [5, 5.41) is 3.46. The first-order valence-electron chi connectivity index (χ1n) is 7.51. The van der Waals surface area contributed by atoms with Gasteiger partial charge in [0.2, 0.25) is 0 Å². The van der Waals surface area contributed by atoms with Crippen molar-refractivity contribution in [3.05, 3.63) is 0 Å². The fourth-order valence-electron chi connectivity index (χ4n) is 2.63. The number of rotatable bonds is 8. The van der Waals surface area contributed by atoms with Crippen molar-refractivity contribution < 1.29 is 4.74 Å². The lowest BCUT2D eigenvalue weighted by molar-refractivity contribution is 0.00852. The largest absolute Gasteiger partial charge is 0.378 e. The van der Waals surface area contributed by atoms with Crippen LogP contribution in [0.1, 0.15) is 65.2 Å². The lowest BCUT2D eigenvalue weighted by atomic mass is 9.97. The molecule has 0 aliphatic carbocycles. The van der Waals surface area contributed by atoms with Gasteiger partial charge in [-0.2, -0.15) is 0 Å². The first kappa shape index (κ1) is 15.0. The SMILES string of the molecule is CNC(CCCC(C)C)CCC1CCCCO1. The summed E-state index contributed by atoms with van der Waals surface area (Å²) in [4.78, 5) is 0. The zero-order valence-corrected chi connectivity index (χ0v) is 12.0. The van der Waals surface area contributed by atoms with Crippen LogP contribution in [0.4, 0.5) is 0 Å². The Morgan fingerprint density at radius 2 is 2.00 bits per heavy atom. The number of hydrogen-bond acceptors (Lipinski definition) is 2. The van der Waals surface area contributed by atoms with Gasteiger partial charge in [0.1, 0.15) is 0 Å². The van der Waals surface area contributed by atoms with E-state index in [9.17, 15) is 0 Å². The molecular weight excluding hydrogens is 210 g/mol. The van der Waals surface area contributed by atoms with Crippen LogP contribution in [0, 0.1) is 5.92 Å². The third-order valence-corrected chi connectivity index (χ3v) is 3.85. The van der Waals surface area contributed by atoms with E-state index in [2.05, 4.69) is 26.2 Å². The van der Waals surface area contributed by atoms with Crippen molar-refractivity contribution in [1.82, 2.24) is 5.32 Å². The van der Waals surface area contributed by atoms with E-state index in [4.69, 9.17) is 4.74 Å². The maximum absolute atomic E-state index is 5.79. The quantitative estimate of drug-likeness (QED) is 0.699. The zero-order valence-electron chi connectivity index (χ0n) is 12.0. The molecule has 1 aliphatic rings. The van der Waals surface area contributed by atoms with Crippen LogP contribution >= 0.6 is 0 Å². The Morgan fingerprint density at radius 3 is 2.59 bits per heavy atom. The van der Waals surface area contributed by atoms with Gasteiger partial charge in [-0.1, -0.05) is 26.7 Å². The van der Waals surface area contributed by atoms with Gasteiger partial charge >= 0.3 is 0 Å². The van der Waals surface area contributed by atoms with Crippen LogP contribution in [0.25, 0.3) is 0 Å². The molecule has 0 aromatic carbocycles. The van der Waals surface area contributed by atoms with Gasteiger partial charge in [0.25, 0.3) is 0 Å². The van der Waals surface area contributed by atoms with Crippen molar-refractivity contribution in [2.45, 2.75) is 77.4 Å². The molecule has 0 aromatic rings. The second kappa shape index (κ2) is 8.93. The fourth-order valence-corrected chi connectivity index (χ4v) is 2.63. The van der Waals surface area contributed by atoms with Crippen LogP contribution < -0.4 is 5.32 Å². The Bertz CT molecular complexity index is 176. The molecule has 1 rings (SSSR count). The normalized spacial score (nSPS) is 22.9. The molecule has 2 atom stereocenters. The molecule has 0 bridgehead atoms. The minimum atomic E-state index is 0.546. The topological polar surface area (TPSA) is 21.3 Å². The molecule has 0 saturated carbocycles. The molecule has 1 aliphatic heterocycles. The lowest BCUT2D eigenvalue weighted by Gasteiger charge is -2.25. The minimum Gasteiger partial charge on any atom is -0.378 e. The van der Waals surface area contributed by atoms with Gasteiger partial charge in [0.05, 0.1) is 6.10 Å². The van der Waals surface area contributed by atoms with Crippen LogP contribution in [-0.4, -0.2) is 25.8 Å². The predicted octanol–water partition coefficient (Wildman–Crippen LogP) is 3.75. The monoisotopic (exact) mass is 241 g/mol. The van der Waals surface area contributed by atoms with Crippen LogP contribution in [0.2, 0.25) is 0 Å². The van der Waals surface area contributed by atoms with E-state index in [-0.39, 0.29) is 0 Å². The first-order valence-corrected chi connectivity index (χ1v) is 7.51. The summed E-state index contributed by atoms with van der Waals surface area (Å²) in [7, 11) is 2.10. The molecular formula is C15H31NO. The Hall–Kier alpha value is -0.0800. The van der Waals surface area contributed by atoms with Gasteiger partial charge in [0, 0.05) is 12.6 Å². The average molecular weight is 241 g/mol. The minimum absolute atomic E-state index is 0.546. The average Bonchev–Trinajstić information content (AvgIpc) is 2.34. The molecule has 1 N–H and O–H groups in total. The summed E-state index contributed by atoms with van der Waals surface area (Å²) in [5.74, 6) is 0.842. The molecule has 0 aromatic heterocycles. The van der Waals surface area contributed by atoms with Gasteiger partial charge in [0.15, 0.2) is 0 Å². The van der Waals surface area contributed by atoms with Crippen LogP contribution in [0.5, 0.6) is 0 Å². The van der Waals surface area contributed by atoms with E-state index in [0.717, 1.165) is 12.5 Å². The lowest BCUT2D eigenvalue weighted by Crippen LogP contribution is -2.28. The van der Waals surface area contributed by atoms with E-state index in [1.807, 2.05) is 0 Å². The zero-order chi connectivity index (χ0) is 12.5. The molecule has 2 heteroatoms. The molecule has 1 saturated heterocycles. The highest BCUT2D eigenvalue weighted by Crippen LogP contribution is 2.19. The summed E-state index contributed by atoms with van der Waals surface area (Å²) < 4.78 is 5.79. The van der Waals surface area contributed by atoms with Gasteiger partial charge < -0.3 is 10.1 Å². The van der Waals surface area contributed by atoms with E-state index in [1.165, 1.54) is 51.4 Å². The standard InChI is InChI=1S/C15H31NO/c1-13(2)7-6-8-14(16-3)10-11-15-9-4-5-12-17-15/h13-16H,4-12H2,1-3H3. The second-order valence-corrected chi connectivity index (χ2v) is 5.88. The van der Waals surface area contributed by atoms with Gasteiger partial charge in [-0.05, 0) is 51.5 Å². The molecule has 1 fully saturated rings. The third-order valence-electron chi connectivity index (χ3n) is 3.85. The van der Waals surface area contributed by atoms with Crippen molar-refractivity contribution in [3.8, 4) is 0 Å². The van der Waals surface area contributed by atoms with Crippen LogP contribution in [-0.2, 0) is 4.74 Å². The van der Waals surface area contributed by atoms with Crippen molar-refractivity contribution >= 4 is 0 Å². The van der Waals surface area contributed by atoms with E-state index >= 15 is 0 Å². The van der Waals surface area contributed by atoms with Gasteiger partial charge in [-0.15, -0.1) is 0 Å². The fraction of sp³-hybridized carbons (Fsp3) is 1.00. The van der Waals surface area contributed by atoms with Crippen molar-refractivity contribution in [2.24, 2.45) is 5.92 Å². The molecule has 0 amide bonds. The number of ether oxygens (including phenoxy) is 1. The highest BCUT2D eigenvalue weighted by molar-refractivity contribution is 4.70. The summed E-state index contributed by atoms with van der Waals surface area (Å²) in [6, 6.07) is 0.694. The Kier molecular flexibility index (Phi) is 7.87. The number of hydrogen-bond donors (Lipinski definition) is 1. The van der Waals surface area contributed by atoms with Crippen LogP contribution in [0.3, 0.4) is 0 Å². The Balaban J connectivity index is 2.08. The smallest absolute Gasteiger partial charge is 0.0575 e. The second-order valence-electron chi connectivity index (χ2n) is 5.88. The summed E-state index contributed by atoms with van der Waals surface area (Å²) in [5.41, 5.74) is 0. The van der Waals surface area contributed by atoms with Gasteiger partial charge in [-0.3, -0.25) is 0 Å². The Labute approximate surface area is 108 Å². The van der Waals surface area contributed by atoms with Crippen molar-refractivity contribution in [2.75, 3.05) is 13.7 Å². The first-order chi connectivity index (χ1) is 8.22. The third kappa shape index (κ3) is 7.05. The molecule has 1 heterocycles. The maximum Gasteiger partial charge on any atom is 0.0575 e. The van der Waals surface area contributed by atoms with Crippen molar-refractivity contribution in [1.29, 1.82) is 0 Å². The molecule has 102 valence electrons. The Morgan fingerprint density at radius 1 is 1.18 bits per heavy atom. The van der Waals surface area contributed by atoms with E-state index in [0.29, 0.717) is 12.1 Å². The van der Waals surface area contributed by atoms with E-state index in [1.54, 1.807) is 0 Å². The highest BCUT2D eigenvalue weighted by atomic mass is 16.5. The maximum atomic E-state index is 5.79. The summed E-state index contributed by atoms with van der Waals surface area (Å²) >= 11 is 0. The number of nitrogens with one attached hydrogen (secondary N) is 1. The predicted molar refractivity (Wildman–Crippen MR) is 74.4 cm³/mol. The molecule has 17 heavy (non-hydrogen) atoms. The molecule has 0 spiro atoms.